The van der Waals surface area contributed by atoms with Crippen molar-refractivity contribution in [2.24, 2.45) is 0 Å². The average Bonchev–Trinajstić information content (AvgIpc) is 3.66. The maximum Gasteiger partial charge on any atom is 0.414 e. The number of aliphatic carboxylic acids is 2. The van der Waals surface area contributed by atoms with Gasteiger partial charge in [0.05, 0.1) is 0 Å². The third kappa shape index (κ3) is 11.4. The van der Waals surface area contributed by atoms with Gasteiger partial charge in [-0.1, -0.05) is 63.0 Å². The molecule has 0 aliphatic carbocycles. The van der Waals surface area contributed by atoms with Crippen molar-refractivity contribution < 1.29 is 28.8 Å². The molecule has 222 valence electrons. The molecule has 2 aliphatic rings. The number of aryl methyl sites for hydroxylation is 2. The predicted octanol–water partition coefficient (Wildman–Crippen LogP) is 4.20. The third-order valence-corrected chi connectivity index (χ3v) is 6.53. The van der Waals surface area contributed by atoms with Crippen LogP contribution in [0.15, 0.2) is 21.2 Å². The quantitative estimate of drug-likeness (QED) is 0.399. The van der Waals surface area contributed by atoms with Gasteiger partial charge in [-0.05, 0) is 38.8 Å². The van der Waals surface area contributed by atoms with Gasteiger partial charge in [0.2, 0.25) is 0 Å². The van der Waals surface area contributed by atoms with Crippen molar-refractivity contribution in [3.05, 3.63) is 35.6 Å². The van der Waals surface area contributed by atoms with Crippen molar-refractivity contribution in [3.63, 3.8) is 0 Å². The zero-order chi connectivity index (χ0) is 29.3. The van der Waals surface area contributed by atoms with Gasteiger partial charge in [0.1, 0.15) is 0 Å². The molecule has 0 amide bonds. The Kier molecular flexibility index (Phi) is 14.8. The smallest absolute Gasteiger partial charge is 0.414 e. The fourth-order valence-corrected chi connectivity index (χ4v) is 4.10. The summed E-state index contributed by atoms with van der Waals surface area (Å²) >= 11 is 0. The Morgan fingerprint density at radius 3 is 1.48 bits per heavy atom. The first-order valence-electron chi connectivity index (χ1n) is 14.3. The number of carbonyl (C=O) groups is 2. The molecule has 4 rings (SSSR count). The first-order chi connectivity index (χ1) is 19.3. The number of hydrogen-bond acceptors (Lipinski definition) is 10. The maximum atomic E-state index is 9.10. The van der Waals surface area contributed by atoms with E-state index in [0.29, 0.717) is 11.8 Å². The summed E-state index contributed by atoms with van der Waals surface area (Å²) in [6.45, 7) is 15.0. The Balaban J connectivity index is 0.000000234. The number of nitrogens with zero attached hydrogens (tertiary/aromatic N) is 6. The second kappa shape index (κ2) is 18.1. The summed E-state index contributed by atoms with van der Waals surface area (Å²) in [6, 6.07) is 0. The minimum Gasteiger partial charge on any atom is -0.473 e. The van der Waals surface area contributed by atoms with Gasteiger partial charge >= 0.3 is 11.9 Å². The molecule has 2 aromatic heterocycles. The van der Waals surface area contributed by atoms with Crippen molar-refractivity contribution in [2.45, 2.75) is 79.1 Å². The van der Waals surface area contributed by atoms with E-state index in [0.717, 1.165) is 102 Å². The first-order valence-corrected chi connectivity index (χ1v) is 14.3. The summed E-state index contributed by atoms with van der Waals surface area (Å²) in [6.07, 6.45) is 13.0. The highest BCUT2D eigenvalue weighted by atomic mass is 16.5. The van der Waals surface area contributed by atoms with E-state index in [9.17, 15) is 0 Å². The van der Waals surface area contributed by atoms with Gasteiger partial charge in [-0.3, -0.25) is 9.80 Å². The van der Waals surface area contributed by atoms with Gasteiger partial charge in [-0.2, -0.15) is 9.97 Å². The summed E-state index contributed by atoms with van der Waals surface area (Å²) in [5.41, 5.74) is 2.38. The van der Waals surface area contributed by atoms with E-state index in [-0.39, 0.29) is 0 Å². The van der Waals surface area contributed by atoms with Gasteiger partial charge in [-0.25, -0.2) is 9.59 Å². The number of likely N-dealkylation sites (N-methyl/N-ethyl adjacent to an activating group) is 2. The molecule has 0 saturated heterocycles. The average molecular weight is 561 g/mol. The number of carboxylic acid groups (broad SMARTS) is 2. The van der Waals surface area contributed by atoms with Crippen molar-refractivity contribution in [2.75, 3.05) is 39.3 Å². The van der Waals surface area contributed by atoms with Crippen LogP contribution in [0.1, 0.15) is 89.7 Å². The summed E-state index contributed by atoms with van der Waals surface area (Å²) in [4.78, 5) is 31.9. The molecular formula is C28H44N6O6. The van der Waals surface area contributed by atoms with Crippen LogP contribution < -0.4 is 0 Å². The minimum absolute atomic E-state index is 0.717. The molecule has 2 N–H and O–H groups in total. The Hall–Kier alpha value is -3.38. The van der Waals surface area contributed by atoms with Crippen LogP contribution in [0.25, 0.3) is 11.1 Å². The number of hydrogen-bond donors (Lipinski definition) is 2. The van der Waals surface area contributed by atoms with Crippen LogP contribution in [-0.2, 0) is 22.4 Å². The summed E-state index contributed by atoms with van der Waals surface area (Å²) in [5.74, 6) is -0.527. The van der Waals surface area contributed by atoms with Gasteiger partial charge < -0.3 is 19.3 Å². The van der Waals surface area contributed by atoms with Crippen molar-refractivity contribution in [1.82, 2.24) is 30.1 Å². The second-order valence-electron chi connectivity index (χ2n) is 9.62. The monoisotopic (exact) mass is 560 g/mol. The topological polar surface area (TPSA) is 159 Å². The molecule has 40 heavy (non-hydrogen) atoms. The Morgan fingerprint density at radius 1 is 0.750 bits per heavy atom. The molecule has 0 bridgehead atoms. The molecule has 4 heterocycles. The second-order valence-corrected chi connectivity index (χ2v) is 9.62. The first kappa shape index (κ1) is 32.8. The molecule has 0 atom stereocenters. The van der Waals surface area contributed by atoms with E-state index in [4.69, 9.17) is 28.8 Å². The minimum atomic E-state index is -1.82. The number of unbranched alkanes of at least 4 members (excludes halogenated alkanes) is 2. The molecule has 12 heteroatoms. The van der Waals surface area contributed by atoms with E-state index in [2.05, 4.69) is 69.9 Å². The van der Waals surface area contributed by atoms with E-state index in [1.165, 1.54) is 11.1 Å². The molecule has 0 spiro atoms. The summed E-state index contributed by atoms with van der Waals surface area (Å²) in [5, 5.41) is 22.9. The Bertz CT molecular complexity index is 1020. The van der Waals surface area contributed by atoms with Crippen LogP contribution in [0.5, 0.6) is 0 Å². The Labute approximate surface area is 236 Å². The zero-order valence-corrected chi connectivity index (χ0v) is 24.3. The lowest BCUT2D eigenvalue weighted by Gasteiger charge is -2.23. The van der Waals surface area contributed by atoms with Gasteiger partial charge in [0, 0.05) is 50.2 Å². The molecule has 2 aliphatic heterocycles. The van der Waals surface area contributed by atoms with Crippen LogP contribution in [0.2, 0.25) is 0 Å². The molecule has 2 aromatic rings. The molecule has 0 radical (unpaired) electrons. The molecule has 0 aromatic carbocycles. The number of aromatic nitrogens is 4. The zero-order valence-electron chi connectivity index (χ0n) is 24.3. The van der Waals surface area contributed by atoms with Crippen LogP contribution in [0.4, 0.5) is 0 Å². The molecule has 12 nitrogen and oxygen atoms in total. The summed E-state index contributed by atoms with van der Waals surface area (Å²) < 4.78 is 10.7. The van der Waals surface area contributed by atoms with Crippen LogP contribution >= 0.6 is 0 Å². The van der Waals surface area contributed by atoms with E-state index < -0.39 is 11.9 Å². The highest BCUT2D eigenvalue weighted by molar-refractivity contribution is 6.27. The largest absolute Gasteiger partial charge is 0.473 e. The third-order valence-electron chi connectivity index (χ3n) is 6.53. The van der Waals surface area contributed by atoms with E-state index >= 15 is 0 Å². The van der Waals surface area contributed by atoms with E-state index in [1.54, 1.807) is 0 Å². The molecule has 0 unspecified atom stereocenters. The van der Waals surface area contributed by atoms with Gasteiger partial charge in [-0.15, -0.1) is 0 Å². The SMILES string of the molecule is CCCCc1noc(C2=CCCN(CC)C2)n1.CCCCc1noc(C2=CCCN(CC)C2)n1.O=C(O)C(=O)O. The van der Waals surface area contributed by atoms with Crippen LogP contribution in [0.3, 0.4) is 0 Å². The van der Waals surface area contributed by atoms with Gasteiger partial charge in [0.25, 0.3) is 11.8 Å². The highest BCUT2D eigenvalue weighted by Gasteiger charge is 2.18. The lowest BCUT2D eigenvalue weighted by Crippen LogP contribution is -2.29. The normalized spacial score (nSPS) is 15.7. The lowest BCUT2D eigenvalue weighted by molar-refractivity contribution is -0.159. The van der Waals surface area contributed by atoms with Crippen molar-refractivity contribution >= 4 is 23.1 Å². The fraction of sp³-hybridized carbons (Fsp3) is 0.643. The van der Waals surface area contributed by atoms with Crippen molar-refractivity contribution in [1.29, 1.82) is 0 Å². The fourth-order valence-electron chi connectivity index (χ4n) is 4.10. The van der Waals surface area contributed by atoms with Crippen molar-refractivity contribution in [3.8, 4) is 0 Å². The summed E-state index contributed by atoms with van der Waals surface area (Å²) in [7, 11) is 0. The lowest BCUT2D eigenvalue weighted by atomic mass is 10.1. The van der Waals surface area contributed by atoms with Crippen LogP contribution in [-0.4, -0.2) is 91.5 Å². The standard InChI is InChI=1S/2C13H21N3O.C2H2O4/c2*1-3-5-8-12-14-13(17-15-12)11-7-6-9-16(4-2)10-11;3-1(4)2(5)6/h2*7H,3-6,8-10H2,1-2H3;(H,3,4)(H,5,6). The number of carboxylic acids is 2. The number of rotatable bonds is 10. The maximum absolute atomic E-state index is 9.10. The van der Waals surface area contributed by atoms with E-state index in [1.807, 2.05) is 0 Å². The predicted molar refractivity (Wildman–Crippen MR) is 151 cm³/mol. The molecular weight excluding hydrogens is 516 g/mol. The van der Waals surface area contributed by atoms with Gasteiger partial charge in [0.15, 0.2) is 11.6 Å². The molecule has 0 saturated carbocycles. The highest BCUT2D eigenvalue weighted by Crippen LogP contribution is 2.20. The Morgan fingerprint density at radius 2 is 1.15 bits per heavy atom. The van der Waals surface area contributed by atoms with Crippen LogP contribution in [0, 0.1) is 0 Å². The molecule has 0 fully saturated rings.